The highest BCUT2D eigenvalue weighted by atomic mass is 16.2. The Morgan fingerprint density at radius 2 is 1.87 bits per heavy atom. The minimum Gasteiger partial charge on any atom is -0.353 e. The summed E-state index contributed by atoms with van der Waals surface area (Å²) >= 11 is 0. The van der Waals surface area contributed by atoms with Crippen LogP contribution >= 0.6 is 0 Å². The lowest BCUT2D eigenvalue weighted by Crippen LogP contribution is -2.57. The van der Waals surface area contributed by atoms with Crippen molar-refractivity contribution in [1.82, 2.24) is 15.5 Å². The minimum absolute atomic E-state index is 0.0428. The van der Waals surface area contributed by atoms with E-state index in [0.717, 1.165) is 17.8 Å². The highest BCUT2D eigenvalue weighted by Gasteiger charge is 2.53. The van der Waals surface area contributed by atoms with Crippen LogP contribution in [-0.2, 0) is 9.59 Å². The predicted octanol–water partition coefficient (Wildman–Crippen LogP) is 1.14. The number of hydrogen-bond acceptors (Lipinski definition) is 3. The summed E-state index contributed by atoms with van der Waals surface area (Å²) in [5.74, 6) is 2.83. The first-order chi connectivity index (χ1) is 11.0. The molecule has 5 heteroatoms. The molecule has 23 heavy (non-hydrogen) atoms. The lowest BCUT2D eigenvalue weighted by molar-refractivity contribution is -0.138. The second kappa shape index (κ2) is 5.76. The molecule has 5 fully saturated rings. The Labute approximate surface area is 138 Å². The summed E-state index contributed by atoms with van der Waals surface area (Å²) in [5.41, 5.74) is 0.425. The van der Waals surface area contributed by atoms with Crippen LogP contribution in [0.15, 0.2) is 0 Å². The monoisotopic (exact) mass is 319 g/mol. The van der Waals surface area contributed by atoms with Crippen LogP contribution in [-0.4, -0.2) is 48.9 Å². The molecule has 1 aliphatic heterocycles. The molecule has 0 aromatic rings. The number of carbonyl (C=O) groups is 2. The van der Waals surface area contributed by atoms with Gasteiger partial charge in [0.1, 0.15) is 0 Å². The fourth-order valence-electron chi connectivity index (χ4n) is 6.13. The first-order valence-electron chi connectivity index (χ1n) is 9.32. The third-order valence-corrected chi connectivity index (χ3v) is 6.95. The molecule has 0 aromatic carbocycles. The third-order valence-electron chi connectivity index (χ3n) is 6.95. The second-order valence-electron chi connectivity index (χ2n) is 8.55. The topological polar surface area (TPSA) is 61.4 Å². The molecule has 0 aromatic heterocycles. The number of hydrogen-bond donors (Lipinski definition) is 2. The lowest BCUT2D eigenvalue weighted by Gasteiger charge is -2.59. The Balaban J connectivity index is 1.34. The van der Waals surface area contributed by atoms with Crippen molar-refractivity contribution in [3.8, 4) is 0 Å². The molecule has 5 rings (SSSR count). The van der Waals surface area contributed by atoms with E-state index in [2.05, 4.69) is 17.6 Å². The summed E-state index contributed by atoms with van der Waals surface area (Å²) in [6, 6.07) is 0.401. The molecule has 0 radical (unpaired) electrons. The van der Waals surface area contributed by atoms with E-state index in [0.29, 0.717) is 31.1 Å². The van der Waals surface area contributed by atoms with Crippen LogP contribution in [0.4, 0.5) is 0 Å². The van der Waals surface area contributed by atoms with Gasteiger partial charge in [-0.3, -0.25) is 9.59 Å². The maximum absolute atomic E-state index is 12.4. The molecule has 4 saturated carbocycles. The van der Waals surface area contributed by atoms with Gasteiger partial charge in [-0.15, -0.1) is 0 Å². The van der Waals surface area contributed by atoms with Crippen LogP contribution in [0.3, 0.4) is 0 Å². The number of piperazine rings is 1. The van der Waals surface area contributed by atoms with E-state index in [4.69, 9.17) is 0 Å². The summed E-state index contributed by atoms with van der Waals surface area (Å²) in [6.07, 6.45) is 8.42. The van der Waals surface area contributed by atoms with Crippen molar-refractivity contribution < 1.29 is 9.59 Å². The van der Waals surface area contributed by atoms with E-state index in [-0.39, 0.29) is 18.4 Å². The van der Waals surface area contributed by atoms with Gasteiger partial charge in [0.2, 0.25) is 11.8 Å². The summed E-state index contributed by atoms with van der Waals surface area (Å²) in [4.78, 5) is 25.5. The summed E-state index contributed by atoms with van der Waals surface area (Å²) < 4.78 is 0. The summed E-state index contributed by atoms with van der Waals surface area (Å²) in [7, 11) is 0. The zero-order valence-electron chi connectivity index (χ0n) is 14.1. The SMILES string of the molecule is C[C@@H](NCC(=O)N1CCNC(=O)C1)C12CC3CC(CC(C3)C1)C2. The fraction of sp³-hybridized carbons (Fsp3) is 0.889. The second-order valence-corrected chi connectivity index (χ2v) is 8.55. The molecular formula is C18H29N3O2. The van der Waals surface area contributed by atoms with Crippen molar-refractivity contribution in [2.24, 2.45) is 23.2 Å². The molecule has 0 unspecified atom stereocenters. The maximum atomic E-state index is 12.4. The van der Waals surface area contributed by atoms with Gasteiger partial charge < -0.3 is 15.5 Å². The van der Waals surface area contributed by atoms with Crippen molar-refractivity contribution in [2.45, 2.75) is 51.5 Å². The Morgan fingerprint density at radius 1 is 1.26 bits per heavy atom. The number of carbonyl (C=O) groups excluding carboxylic acids is 2. The highest BCUT2D eigenvalue weighted by Crippen LogP contribution is 2.61. The van der Waals surface area contributed by atoms with Gasteiger partial charge in [-0.1, -0.05) is 0 Å². The van der Waals surface area contributed by atoms with Gasteiger partial charge in [0.25, 0.3) is 0 Å². The van der Waals surface area contributed by atoms with Crippen molar-refractivity contribution in [1.29, 1.82) is 0 Å². The van der Waals surface area contributed by atoms with Crippen LogP contribution < -0.4 is 10.6 Å². The third kappa shape index (κ3) is 2.88. The van der Waals surface area contributed by atoms with E-state index in [9.17, 15) is 9.59 Å². The quantitative estimate of drug-likeness (QED) is 0.817. The number of amides is 2. The standard InChI is InChI=1S/C18H29N3O2/c1-12(20-10-17(23)21-3-2-19-16(22)11-21)18-7-13-4-14(8-18)6-15(5-13)9-18/h12-15,20H,2-11H2,1H3,(H,19,22)/t12-,13?,14?,15?,18?/m1/s1. The van der Waals surface area contributed by atoms with Crippen molar-refractivity contribution in [3.63, 3.8) is 0 Å². The average Bonchev–Trinajstić information content (AvgIpc) is 2.51. The van der Waals surface area contributed by atoms with Crippen molar-refractivity contribution in [3.05, 3.63) is 0 Å². The molecule has 1 heterocycles. The zero-order valence-corrected chi connectivity index (χ0v) is 14.1. The largest absolute Gasteiger partial charge is 0.353 e. The predicted molar refractivity (Wildman–Crippen MR) is 87.7 cm³/mol. The Morgan fingerprint density at radius 3 is 2.43 bits per heavy atom. The molecule has 128 valence electrons. The molecule has 1 saturated heterocycles. The van der Waals surface area contributed by atoms with E-state index in [1.807, 2.05) is 0 Å². The van der Waals surface area contributed by atoms with E-state index in [1.54, 1.807) is 4.90 Å². The molecule has 1 atom stereocenters. The van der Waals surface area contributed by atoms with Crippen molar-refractivity contribution >= 4 is 11.8 Å². The fourth-order valence-corrected chi connectivity index (χ4v) is 6.13. The number of rotatable bonds is 4. The van der Waals surface area contributed by atoms with Crippen LogP contribution in [0.1, 0.15) is 45.4 Å². The molecule has 4 bridgehead atoms. The molecule has 2 N–H and O–H groups in total. The van der Waals surface area contributed by atoms with Crippen molar-refractivity contribution in [2.75, 3.05) is 26.2 Å². The number of nitrogens with zero attached hydrogens (tertiary/aromatic N) is 1. The zero-order chi connectivity index (χ0) is 16.0. The first-order valence-corrected chi connectivity index (χ1v) is 9.32. The molecular weight excluding hydrogens is 290 g/mol. The van der Waals surface area contributed by atoms with Crippen LogP contribution in [0.2, 0.25) is 0 Å². The molecule has 5 nitrogen and oxygen atoms in total. The first kappa shape index (κ1) is 15.4. The van der Waals surface area contributed by atoms with Crippen LogP contribution in [0.5, 0.6) is 0 Å². The van der Waals surface area contributed by atoms with E-state index < -0.39 is 0 Å². The normalized spacial score (nSPS) is 40.1. The molecule has 2 amide bonds. The van der Waals surface area contributed by atoms with Gasteiger partial charge in [-0.25, -0.2) is 0 Å². The Hall–Kier alpha value is -1.10. The molecule has 5 aliphatic rings. The van der Waals surface area contributed by atoms with Crippen LogP contribution in [0, 0.1) is 23.2 Å². The van der Waals surface area contributed by atoms with Crippen LogP contribution in [0.25, 0.3) is 0 Å². The smallest absolute Gasteiger partial charge is 0.239 e. The Kier molecular flexibility index (Phi) is 3.87. The summed E-state index contributed by atoms with van der Waals surface area (Å²) in [5, 5.41) is 6.30. The summed E-state index contributed by atoms with van der Waals surface area (Å²) in [6.45, 7) is 4.08. The van der Waals surface area contributed by atoms with E-state index >= 15 is 0 Å². The Bertz CT molecular complexity index is 469. The van der Waals surface area contributed by atoms with Gasteiger partial charge >= 0.3 is 0 Å². The molecule has 0 spiro atoms. The van der Waals surface area contributed by atoms with Gasteiger partial charge in [-0.05, 0) is 68.6 Å². The highest BCUT2D eigenvalue weighted by molar-refractivity contribution is 5.86. The minimum atomic E-state index is -0.0428. The molecule has 4 aliphatic carbocycles. The van der Waals surface area contributed by atoms with E-state index in [1.165, 1.54) is 38.5 Å². The maximum Gasteiger partial charge on any atom is 0.239 e. The van der Waals surface area contributed by atoms with Gasteiger partial charge in [0, 0.05) is 19.1 Å². The lowest BCUT2D eigenvalue weighted by atomic mass is 9.48. The van der Waals surface area contributed by atoms with Gasteiger partial charge in [0.15, 0.2) is 0 Å². The van der Waals surface area contributed by atoms with Gasteiger partial charge in [-0.2, -0.15) is 0 Å². The van der Waals surface area contributed by atoms with Gasteiger partial charge in [0.05, 0.1) is 13.1 Å². The average molecular weight is 319 g/mol. The number of nitrogens with one attached hydrogen (secondary N) is 2.